The maximum atomic E-state index is 13.3. The lowest BCUT2D eigenvalue weighted by atomic mass is 9.90. The second-order valence-corrected chi connectivity index (χ2v) is 21.6. The van der Waals surface area contributed by atoms with Crippen molar-refractivity contribution < 1.29 is 28.9 Å². The van der Waals surface area contributed by atoms with Crippen LogP contribution in [0.4, 0.5) is 29.0 Å². The van der Waals surface area contributed by atoms with Gasteiger partial charge in [0.05, 0.1) is 6.20 Å². The van der Waals surface area contributed by atoms with E-state index in [0.29, 0.717) is 76.2 Å². The number of anilines is 5. The fraction of sp³-hybridized carbons (Fsp3) is 0.464. The van der Waals surface area contributed by atoms with Crippen molar-refractivity contribution in [1.82, 2.24) is 40.5 Å². The molecule has 4 aromatic heterocycles. The lowest BCUT2D eigenvalue weighted by Gasteiger charge is -2.26. The number of rotatable bonds is 10. The Morgan fingerprint density at radius 2 is 1.13 bits per heavy atom. The van der Waals surface area contributed by atoms with Gasteiger partial charge in [0, 0.05) is 85.1 Å². The van der Waals surface area contributed by atoms with Crippen molar-refractivity contribution in [2.45, 2.75) is 145 Å². The molecular formula is C56H72ClN13O6. The number of amides is 2. The van der Waals surface area contributed by atoms with E-state index in [2.05, 4.69) is 59.2 Å². The second kappa shape index (κ2) is 23.4. The van der Waals surface area contributed by atoms with Crippen molar-refractivity contribution in [2.75, 3.05) is 52.7 Å². The number of aromatic nitrogens is 6. The molecule has 19 nitrogen and oxygen atoms in total. The average Bonchev–Trinajstić information content (AvgIpc) is 4.05. The molecule has 2 aliphatic carbocycles. The predicted octanol–water partition coefficient (Wildman–Crippen LogP) is 8.68. The minimum atomic E-state index is -0.394. The first kappa shape index (κ1) is 56.6. The van der Waals surface area contributed by atoms with Crippen molar-refractivity contribution in [3.8, 4) is 11.4 Å². The number of pyridine rings is 2. The van der Waals surface area contributed by atoms with Gasteiger partial charge in [-0.25, -0.2) is 39.6 Å². The molecule has 2 atom stereocenters. The van der Waals surface area contributed by atoms with Gasteiger partial charge in [0.25, 0.3) is 11.8 Å². The molecule has 6 N–H and O–H groups in total. The molecule has 0 aromatic carbocycles. The van der Waals surface area contributed by atoms with Crippen LogP contribution in [-0.4, -0.2) is 103 Å². The number of carbonyl (C=O) groups excluding carboxylic acids is 4. The molecule has 0 radical (unpaired) electrons. The zero-order chi connectivity index (χ0) is 55.4. The van der Waals surface area contributed by atoms with Crippen LogP contribution in [0.3, 0.4) is 0 Å². The third-order valence-electron chi connectivity index (χ3n) is 14.7. The van der Waals surface area contributed by atoms with Crippen molar-refractivity contribution in [3.63, 3.8) is 0 Å². The highest BCUT2D eigenvalue weighted by Crippen LogP contribution is 2.40. The summed E-state index contributed by atoms with van der Waals surface area (Å²) in [5.74, 6) is 2.21. The molecular weight excluding hydrogens is 986 g/mol. The smallest absolute Gasteiger partial charge is 0.270 e. The van der Waals surface area contributed by atoms with Gasteiger partial charge in [-0.1, -0.05) is 23.3 Å². The van der Waals surface area contributed by atoms with Gasteiger partial charge in [-0.2, -0.15) is 0 Å². The SMILES string of the molecule is CC1(C)ON(c2ccc(N)nc2)OC1(C)C.CC1=CC(C)=C(CNC(=O)c2nc(-c3ccc(N)nc3)nc(N3CCC[C@@H]3C)c2C)C(=O)C1.CC1=CC(C)=C(CNC(=O)c2nc(Cl)nc(N3CCC[C@@H]3C)c2C)C(=O)C1. The van der Waals surface area contributed by atoms with E-state index in [0.717, 1.165) is 78.1 Å². The van der Waals surface area contributed by atoms with E-state index < -0.39 is 11.2 Å². The van der Waals surface area contributed by atoms with Gasteiger partial charge < -0.3 is 31.9 Å². The van der Waals surface area contributed by atoms with Crippen LogP contribution in [0.15, 0.2) is 82.2 Å². The van der Waals surface area contributed by atoms with Gasteiger partial charge in [0.15, 0.2) is 17.4 Å². The molecule has 404 valence electrons. The zero-order valence-electron chi connectivity index (χ0n) is 45.9. The molecule has 4 aromatic rings. The van der Waals surface area contributed by atoms with E-state index in [-0.39, 0.29) is 47.4 Å². The molecule has 0 unspecified atom stereocenters. The minimum Gasteiger partial charge on any atom is -0.384 e. The molecule has 3 fully saturated rings. The van der Waals surface area contributed by atoms with Gasteiger partial charge in [0.2, 0.25) is 5.28 Å². The number of hydrogen-bond donors (Lipinski definition) is 4. The maximum absolute atomic E-state index is 13.3. The summed E-state index contributed by atoms with van der Waals surface area (Å²) >= 11 is 6.10. The van der Waals surface area contributed by atoms with Gasteiger partial charge in [-0.3, -0.25) is 19.2 Å². The predicted molar refractivity (Wildman–Crippen MR) is 297 cm³/mol. The number of nitrogens with zero attached hydrogens (tertiary/aromatic N) is 9. The van der Waals surface area contributed by atoms with E-state index in [9.17, 15) is 19.2 Å². The average molecular weight is 1060 g/mol. The standard InChI is InChI=1S/C25H30N6O2.C20H25ClN4O2.C11H17N3O2/c1-14-10-15(2)19(20(32)11-14)13-28-25(33)22-17(4)24(31-9-5-6-16(31)3)30-23(29-22)18-7-8-21(26)27-12-18;1-11-8-12(2)15(16(26)9-11)10-22-19(27)17-14(4)18(24-20(21)23-17)25-7-5-6-13(25)3;1-10(2)11(3,4)16-14(15-10)8-5-6-9(12)13-7-8/h7-8,10,12,16H,5-6,9,11,13H2,1-4H3,(H2,26,27)(H,28,33);8,13H,5-7,9-10H2,1-4H3,(H,22,27);5-7H,1-4H3,(H2,12,13)/t16-;13-;/m00./s1. The van der Waals surface area contributed by atoms with Gasteiger partial charge >= 0.3 is 0 Å². The van der Waals surface area contributed by atoms with Crippen LogP contribution in [-0.2, 0) is 19.3 Å². The fourth-order valence-corrected chi connectivity index (χ4v) is 9.73. The number of Topliss-reactive ketones (excluding diaryl/α,β-unsaturated/α-hetero) is 2. The Balaban J connectivity index is 0.000000176. The largest absolute Gasteiger partial charge is 0.384 e. The summed E-state index contributed by atoms with van der Waals surface area (Å²) in [6.45, 7) is 25.8. The number of nitrogens with one attached hydrogen (secondary N) is 2. The van der Waals surface area contributed by atoms with Crippen LogP contribution in [0.5, 0.6) is 0 Å². The molecule has 3 aliphatic heterocycles. The number of nitrogen functional groups attached to an aromatic ring is 2. The highest BCUT2D eigenvalue weighted by atomic mass is 35.5. The number of hydrogen-bond acceptors (Lipinski definition) is 17. The summed E-state index contributed by atoms with van der Waals surface area (Å²) in [5, 5.41) is 7.19. The highest BCUT2D eigenvalue weighted by Gasteiger charge is 2.50. The summed E-state index contributed by atoms with van der Waals surface area (Å²) < 4.78 is 0. The molecule has 9 rings (SSSR count). The number of nitrogens with two attached hydrogens (primary N) is 2. The second-order valence-electron chi connectivity index (χ2n) is 21.2. The third-order valence-corrected chi connectivity index (χ3v) is 14.8. The van der Waals surface area contributed by atoms with E-state index in [1.165, 1.54) is 5.23 Å². The van der Waals surface area contributed by atoms with Gasteiger partial charge in [-0.05, 0) is 156 Å². The van der Waals surface area contributed by atoms with E-state index >= 15 is 0 Å². The molecule has 0 bridgehead atoms. The third kappa shape index (κ3) is 12.9. The summed E-state index contributed by atoms with van der Waals surface area (Å²) in [4.78, 5) is 92.6. The fourth-order valence-electron chi connectivity index (χ4n) is 9.57. The summed E-state index contributed by atoms with van der Waals surface area (Å²) in [7, 11) is 0. The van der Waals surface area contributed by atoms with E-state index in [4.69, 9.17) is 37.7 Å². The van der Waals surface area contributed by atoms with E-state index in [1.807, 2.05) is 81.4 Å². The summed E-state index contributed by atoms with van der Waals surface area (Å²) in [6, 6.07) is 7.69. The summed E-state index contributed by atoms with van der Waals surface area (Å²) in [6.07, 6.45) is 12.3. The van der Waals surface area contributed by atoms with Crippen LogP contribution in [0.1, 0.15) is 140 Å². The Morgan fingerprint density at radius 3 is 1.55 bits per heavy atom. The maximum Gasteiger partial charge on any atom is 0.270 e. The first-order valence-corrected chi connectivity index (χ1v) is 26.2. The van der Waals surface area contributed by atoms with Gasteiger partial charge in [-0.15, -0.1) is 5.23 Å². The Labute approximate surface area is 450 Å². The Bertz CT molecular complexity index is 3010. The quantitative estimate of drug-likeness (QED) is 0.108. The molecule has 2 amide bonds. The molecule has 5 aliphatic rings. The number of halogens is 1. The van der Waals surface area contributed by atoms with Crippen molar-refractivity contribution in [3.05, 3.63) is 110 Å². The normalized spacial score (nSPS) is 19.9. The highest BCUT2D eigenvalue weighted by molar-refractivity contribution is 6.28. The number of ketones is 2. The molecule has 7 heterocycles. The van der Waals surface area contributed by atoms with Gasteiger partial charge in [0.1, 0.15) is 51.5 Å². The Morgan fingerprint density at radius 1 is 0.671 bits per heavy atom. The zero-order valence-corrected chi connectivity index (χ0v) is 46.6. The number of carbonyl (C=O) groups is 4. The van der Waals surface area contributed by atoms with Crippen molar-refractivity contribution in [1.29, 1.82) is 0 Å². The van der Waals surface area contributed by atoms with Crippen LogP contribution in [0.2, 0.25) is 5.28 Å². The van der Waals surface area contributed by atoms with E-state index in [1.54, 1.807) is 36.7 Å². The molecule has 0 spiro atoms. The topological polar surface area (TPSA) is 250 Å². The van der Waals surface area contributed by atoms with Crippen LogP contribution >= 0.6 is 11.6 Å². The first-order chi connectivity index (χ1) is 35.8. The molecule has 0 saturated carbocycles. The lowest BCUT2D eigenvalue weighted by molar-refractivity contribution is -0.116. The summed E-state index contributed by atoms with van der Waals surface area (Å²) in [5.41, 5.74) is 19.0. The van der Waals surface area contributed by atoms with Crippen LogP contribution < -0.4 is 37.1 Å². The van der Waals surface area contributed by atoms with Crippen molar-refractivity contribution in [2.24, 2.45) is 0 Å². The monoisotopic (exact) mass is 1060 g/mol. The molecule has 20 heteroatoms. The Hall–Kier alpha value is -7.09. The lowest BCUT2D eigenvalue weighted by Crippen LogP contribution is -2.41. The molecule has 3 saturated heterocycles. The first-order valence-electron chi connectivity index (χ1n) is 25.8. The Kier molecular flexibility index (Phi) is 17.5. The minimum absolute atomic E-state index is 0.0485. The van der Waals surface area contributed by atoms with Crippen molar-refractivity contribution >= 4 is 63.9 Å². The van der Waals surface area contributed by atoms with Crippen LogP contribution in [0.25, 0.3) is 11.4 Å². The number of allylic oxidation sites excluding steroid dienone is 6. The molecule has 76 heavy (non-hydrogen) atoms. The van der Waals surface area contributed by atoms with Crippen LogP contribution in [0, 0.1) is 13.8 Å².